The lowest BCUT2D eigenvalue weighted by molar-refractivity contribution is 0.298. The van der Waals surface area contributed by atoms with Crippen molar-refractivity contribution in [2.75, 3.05) is 6.61 Å². The van der Waals surface area contributed by atoms with Gasteiger partial charge in [0.05, 0.1) is 5.69 Å². The van der Waals surface area contributed by atoms with Crippen LogP contribution in [0, 0.1) is 6.92 Å². The second kappa shape index (κ2) is 6.75. The number of hydrogen-bond donors (Lipinski definition) is 1. The predicted octanol–water partition coefficient (Wildman–Crippen LogP) is 5.04. The molecule has 0 atom stereocenters. The summed E-state index contributed by atoms with van der Waals surface area (Å²) in [4.78, 5) is 5.82. The summed E-state index contributed by atoms with van der Waals surface area (Å²) >= 11 is 1.68. The van der Waals surface area contributed by atoms with Crippen molar-refractivity contribution in [2.24, 2.45) is 0 Å². The minimum Gasteiger partial charge on any atom is -0.544 e. The SMILES string of the molecule is Cc1sc(-c2ccc(O[Si](C)(C)C(C)(C)C)cc2)nc1CCO. The molecule has 0 aliphatic heterocycles. The first-order valence-electron chi connectivity index (χ1n) is 8.00. The van der Waals surface area contributed by atoms with Crippen LogP contribution >= 0.6 is 11.3 Å². The van der Waals surface area contributed by atoms with Crippen LogP contribution in [0.4, 0.5) is 0 Å². The average Bonchev–Trinajstić information content (AvgIpc) is 2.80. The lowest BCUT2D eigenvalue weighted by Crippen LogP contribution is -2.43. The Morgan fingerprint density at radius 3 is 2.30 bits per heavy atom. The van der Waals surface area contributed by atoms with E-state index >= 15 is 0 Å². The monoisotopic (exact) mass is 349 g/mol. The molecule has 2 rings (SSSR count). The second-order valence-electron chi connectivity index (χ2n) is 7.38. The number of aliphatic hydroxyl groups excluding tert-OH is 1. The molecule has 0 aliphatic rings. The second-order valence-corrected chi connectivity index (χ2v) is 13.3. The number of hydrogen-bond acceptors (Lipinski definition) is 4. The van der Waals surface area contributed by atoms with E-state index in [1.54, 1.807) is 11.3 Å². The molecule has 3 nitrogen and oxygen atoms in total. The highest BCUT2D eigenvalue weighted by Gasteiger charge is 2.38. The molecule has 0 fully saturated rings. The van der Waals surface area contributed by atoms with Gasteiger partial charge in [-0.1, -0.05) is 20.8 Å². The van der Waals surface area contributed by atoms with E-state index in [2.05, 4.69) is 57.9 Å². The van der Waals surface area contributed by atoms with E-state index in [1.165, 1.54) is 4.88 Å². The number of rotatable bonds is 5. The van der Waals surface area contributed by atoms with Gasteiger partial charge in [0.15, 0.2) is 0 Å². The maximum atomic E-state index is 9.09. The summed E-state index contributed by atoms with van der Waals surface area (Å²) in [6.07, 6.45) is 0.620. The fourth-order valence-corrected chi connectivity index (χ4v) is 4.00. The van der Waals surface area contributed by atoms with Crippen LogP contribution in [0.2, 0.25) is 18.1 Å². The van der Waals surface area contributed by atoms with Crippen molar-refractivity contribution >= 4 is 19.7 Å². The van der Waals surface area contributed by atoms with Crippen LogP contribution in [-0.4, -0.2) is 25.0 Å². The minimum absolute atomic E-state index is 0.142. The molecular weight excluding hydrogens is 322 g/mol. The zero-order chi connectivity index (χ0) is 17.3. The number of aromatic nitrogens is 1. The van der Waals surface area contributed by atoms with Crippen molar-refractivity contribution in [3.05, 3.63) is 34.8 Å². The summed E-state index contributed by atoms with van der Waals surface area (Å²) in [5.41, 5.74) is 2.10. The molecule has 2 aromatic rings. The Hall–Kier alpha value is -1.17. The minimum atomic E-state index is -1.80. The van der Waals surface area contributed by atoms with Crippen LogP contribution < -0.4 is 4.43 Å². The highest BCUT2D eigenvalue weighted by molar-refractivity contribution is 7.15. The molecule has 0 spiro atoms. The first-order valence-corrected chi connectivity index (χ1v) is 11.7. The maximum Gasteiger partial charge on any atom is 0.250 e. The van der Waals surface area contributed by atoms with E-state index in [9.17, 15) is 0 Å². The maximum absolute atomic E-state index is 9.09. The van der Waals surface area contributed by atoms with Gasteiger partial charge in [-0.3, -0.25) is 0 Å². The first kappa shape index (κ1) is 18.2. The molecule has 0 bridgehead atoms. The Balaban J connectivity index is 2.18. The Kier molecular flexibility index (Phi) is 5.33. The largest absolute Gasteiger partial charge is 0.544 e. The Morgan fingerprint density at radius 2 is 1.78 bits per heavy atom. The lowest BCUT2D eigenvalue weighted by atomic mass is 10.2. The number of benzene rings is 1. The number of aryl methyl sites for hydroxylation is 1. The summed E-state index contributed by atoms with van der Waals surface area (Å²) in [5, 5.41) is 10.3. The summed E-state index contributed by atoms with van der Waals surface area (Å²) in [6, 6.07) is 8.23. The highest BCUT2D eigenvalue weighted by Crippen LogP contribution is 2.38. The average molecular weight is 350 g/mol. The number of aliphatic hydroxyl groups is 1. The van der Waals surface area contributed by atoms with Gasteiger partial charge in [0, 0.05) is 23.5 Å². The molecule has 0 amide bonds. The predicted molar refractivity (Wildman–Crippen MR) is 101 cm³/mol. The van der Waals surface area contributed by atoms with Crippen LogP contribution in [0.25, 0.3) is 10.6 Å². The van der Waals surface area contributed by atoms with Gasteiger partial charge < -0.3 is 9.53 Å². The smallest absolute Gasteiger partial charge is 0.250 e. The molecule has 0 radical (unpaired) electrons. The molecule has 1 aromatic carbocycles. The van der Waals surface area contributed by atoms with E-state index in [0.717, 1.165) is 22.0 Å². The molecular formula is C18H27NO2SSi. The normalized spacial score (nSPS) is 12.5. The van der Waals surface area contributed by atoms with Gasteiger partial charge in [0.2, 0.25) is 8.32 Å². The lowest BCUT2D eigenvalue weighted by Gasteiger charge is -2.36. The third kappa shape index (κ3) is 4.22. The molecule has 0 unspecified atom stereocenters. The van der Waals surface area contributed by atoms with E-state index in [-0.39, 0.29) is 11.6 Å². The fraction of sp³-hybridized carbons (Fsp3) is 0.500. The molecule has 23 heavy (non-hydrogen) atoms. The molecule has 0 aliphatic carbocycles. The van der Waals surface area contributed by atoms with Crippen molar-refractivity contribution in [3.63, 3.8) is 0 Å². The molecule has 1 aromatic heterocycles. The first-order chi connectivity index (χ1) is 10.6. The zero-order valence-corrected chi connectivity index (χ0v) is 16.8. The van der Waals surface area contributed by atoms with Crippen LogP contribution in [-0.2, 0) is 6.42 Å². The summed E-state index contributed by atoms with van der Waals surface area (Å²) in [6.45, 7) is 13.4. The molecule has 5 heteroatoms. The van der Waals surface area contributed by atoms with Crippen molar-refractivity contribution < 1.29 is 9.53 Å². The van der Waals surface area contributed by atoms with Gasteiger partial charge in [-0.2, -0.15) is 0 Å². The fourth-order valence-electron chi connectivity index (χ4n) is 2.00. The topological polar surface area (TPSA) is 42.4 Å². The van der Waals surface area contributed by atoms with Crippen molar-refractivity contribution in [2.45, 2.75) is 52.2 Å². The van der Waals surface area contributed by atoms with Gasteiger partial charge in [-0.25, -0.2) is 4.98 Å². The Morgan fingerprint density at radius 1 is 1.17 bits per heavy atom. The van der Waals surface area contributed by atoms with Crippen molar-refractivity contribution in [1.29, 1.82) is 0 Å². The van der Waals surface area contributed by atoms with Crippen LogP contribution in [0.5, 0.6) is 5.75 Å². The zero-order valence-electron chi connectivity index (χ0n) is 14.9. The van der Waals surface area contributed by atoms with E-state index in [0.29, 0.717) is 6.42 Å². The van der Waals surface area contributed by atoms with Crippen LogP contribution in [0.3, 0.4) is 0 Å². The van der Waals surface area contributed by atoms with Crippen molar-refractivity contribution in [3.8, 4) is 16.3 Å². The standard InChI is InChI=1S/C18H27NO2SSi/c1-13-16(11-12-20)19-17(22-13)14-7-9-15(10-8-14)21-23(5,6)18(2,3)4/h7-10,20H,11-12H2,1-6H3. The summed E-state index contributed by atoms with van der Waals surface area (Å²) < 4.78 is 6.31. The molecule has 0 saturated carbocycles. The highest BCUT2D eigenvalue weighted by atomic mass is 32.1. The Labute approximate surface area is 144 Å². The molecule has 1 heterocycles. The van der Waals surface area contributed by atoms with Gasteiger partial charge in [0.1, 0.15) is 10.8 Å². The van der Waals surface area contributed by atoms with Gasteiger partial charge in [0.25, 0.3) is 0 Å². The van der Waals surface area contributed by atoms with Crippen LogP contribution in [0.1, 0.15) is 31.3 Å². The quantitative estimate of drug-likeness (QED) is 0.769. The van der Waals surface area contributed by atoms with Gasteiger partial charge in [-0.15, -0.1) is 11.3 Å². The van der Waals surface area contributed by atoms with Gasteiger partial charge in [-0.05, 0) is 49.3 Å². The third-order valence-corrected chi connectivity index (χ3v) is 9.94. The van der Waals surface area contributed by atoms with E-state index in [4.69, 9.17) is 9.53 Å². The number of thiazole rings is 1. The Bertz CT molecular complexity index is 657. The van der Waals surface area contributed by atoms with E-state index < -0.39 is 8.32 Å². The summed E-state index contributed by atoms with van der Waals surface area (Å²) in [7, 11) is -1.80. The molecule has 126 valence electrons. The van der Waals surface area contributed by atoms with Crippen molar-refractivity contribution in [1.82, 2.24) is 4.98 Å². The van der Waals surface area contributed by atoms with Gasteiger partial charge >= 0.3 is 0 Å². The van der Waals surface area contributed by atoms with E-state index in [1.807, 2.05) is 12.1 Å². The molecule has 0 saturated heterocycles. The number of nitrogens with zero attached hydrogens (tertiary/aromatic N) is 1. The summed E-state index contributed by atoms with van der Waals surface area (Å²) in [5.74, 6) is 0.934. The third-order valence-electron chi connectivity index (χ3n) is 4.52. The molecule has 1 N–H and O–H groups in total. The van der Waals surface area contributed by atoms with Crippen LogP contribution in [0.15, 0.2) is 24.3 Å².